The van der Waals surface area contributed by atoms with Crippen molar-refractivity contribution in [1.82, 2.24) is 5.32 Å². The Balaban J connectivity index is 3.46. The summed E-state index contributed by atoms with van der Waals surface area (Å²) in [6.45, 7) is 4.05. The molecule has 0 saturated carbocycles. The zero-order valence-corrected chi connectivity index (χ0v) is 9.96. The van der Waals surface area contributed by atoms with Crippen LogP contribution in [0.3, 0.4) is 0 Å². The average Bonchev–Trinajstić information content (AvgIpc) is 2.10. The van der Waals surface area contributed by atoms with Gasteiger partial charge in [-0.05, 0) is 12.3 Å². The predicted octanol–water partition coefficient (Wildman–Crippen LogP) is 1.43. The summed E-state index contributed by atoms with van der Waals surface area (Å²) in [4.78, 5) is 21.7. The van der Waals surface area contributed by atoms with Crippen molar-refractivity contribution in [3.63, 3.8) is 0 Å². The third-order valence-corrected chi connectivity index (χ3v) is 1.96. The summed E-state index contributed by atoms with van der Waals surface area (Å²) >= 11 is 1.49. The maximum absolute atomic E-state index is 11.0. The first-order chi connectivity index (χ1) is 6.06. The molecular weight excluding hydrogens is 285 g/mol. The first-order valence-electron chi connectivity index (χ1n) is 4.14. The standard InChI is InChI=1S/C8H14INO3/c1-6(2)3-4-7(11)10-5-8(12)13-9/h6H,3-5H2,1-2H3,(H,10,11). The van der Waals surface area contributed by atoms with Gasteiger partial charge in [0.1, 0.15) is 6.54 Å². The molecule has 0 aromatic rings. The van der Waals surface area contributed by atoms with E-state index in [4.69, 9.17) is 0 Å². The molecule has 0 bridgehead atoms. The highest BCUT2D eigenvalue weighted by Crippen LogP contribution is 2.02. The van der Waals surface area contributed by atoms with Crippen LogP contribution in [-0.4, -0.2) is 18.4 Å². The Morgan fingerprint density at radius 1 is 1.46 bits per heavy atom. The molecule has 0 aliphatic carbocycles. The smallest absolute Gasteiger partial charge is 0.334 e. The lowest BCUT2D eigenvalue weighted by atomic mass is 10.1. The van der Waals surface area contributed by atoms with Gasteiger partial charge >= 0.3 is 5.97 Å². The van der Waals surface area contributed by atoms with Crippen LogP contribution >= 0.6 is 23.0 Å². The van der Waals surface area contributed by atoms with E-state index < -0.39 is 5.97 Å². The summed E-state index contributed by atoms with van der Waals surface area (Å²) in [6.07, 6.45) is 1.30. The number of nitrogens with one attached hydrogen (secondary N) is 1. The van der Waals surface area contributed by atoms with Crippen molar-refractivity contribution in [3.05, 3.63) is 0 Å². The molecule has 0 aliphatic rings. The average molecular weight is 299 g/mol. The molecule has 1 N–H and O–H groups in total. The zero-order valence-electron chi connectivity index (χ0n) is 7.80. The van der Waals surface area contributed by atoms with Gasteiger partial charge in [-0.2, -0.15) is 0 Å². The van der Waals surface area contributed by atoms with Gasteiger partial charge in [0.05, 0.1) is 0 Å². The molecule has 0 heterocycles. The molecule has 0 unspecified atom stereocenters. The molecule has 4 nitrogen and oxygen atoms in total. The fourth-order valence-electron chi connectivity index (χ4n) is 0.706. The van der Waals surface area contributed by atoms with Crippen molar-refractivity contribution >= 4 is 34.9 Å². The van der Waals surface area contributed by atoms with Crippen molar-refractivity contribution in [2.75, 3.05) is 6.54 Å². The number of halogens is 1. The molecule has 76 valence electrons. The largest absolute Gasteiger partial charge is 0.393 e. The molecule has 0 atom stereocenters. The molecular formula is C8H14INO3. The number of hydrogen-bond donors (Lipinski definition) is 1. The van der Waals surface area contributed by atoms with Crippen LogP contribution in [0.4, 0.5) is 0 Å². The number of carbonyl (C=O) groups excluding carboxylic acids is 2. The molecule has 13 heavy (non-hydrogen) atoms. The van der Waals surface area contributed by atoms with Gasteiger partial charge in [-0.15, -0.1) is 0 Å². The molecule has 0 aromatic heterocycles. The van der Waals surface area contributed by atoms with E-state index in [-0.39, 0.29) is 12.5 Å². The number of hydrogen-bond acceptors (Lipinski definition) is 3. The van der Waals surface area contributed by atoms with Gasteiger partial charge in [0.15, 0.2) is 23.0 Å². The molecule has 0 aromatic carbocycles. The highest BCUT2D eigenvalue weighted by atomic mass is 127. The lowest BCUT2D eigenvalue weighted by Crippen LogP contribution is -2.29. The monoisotopic (exact) mass is 299 g/mol. The van der Waals surface area contributed by atoms with Crippen molar-refractivity contribution in [3.8, 4) is 0 Å². The molecule has 0 fully saturated rings. The van der Waals surface area contributed by atoms with Crippen molar-refractivity contribution in [2.45, 2.75) is 26.7 Å². The third kappa shape index (κ3) is 8.01. The van der Waals surface area contributed by atoms with Gasteiger partial charge in [-0.25, -0.2) is 4.79 Å². The third-order valence-electron chi connectivity index (χ3n) is 1.46. The fourth-order valence-corrected chi connectivity index (χ4v) is 0.862. The summed E-state index contributed by atoms with van der Waals surface area (Å²) in [7, 11) is 0. The number of amides is 1. The van der Waals surface area contributed by atoms with Crippen LogP contribution in [0.2, 0.25) is 0 Å². The highest BCUT2D eigenvalue weighted by Gasteiger charge is 2.06. The summed E-state index contributed by atoms with van der Waals surface area (Å²) in [5.41, 5.74) is 0. The van der Waals surface area contributed by atoms with Crippen molar-refractivity contribution in [2.24, 2.45) is 5.92 Å². The van der Waals surface area contributed by atoms with Crippen molar-refractivity contribution < 1.29 is 12.7 Å². The van der Waals surface area contributed by atoms with Gasteiger partial charge < -0.3 is 8.38 Å². The lowest BCUT2D eigenvalue weighted by molar-refractivity contribution is -0.133. The maximum atomic E-state index is 11.0. The van der Waals surface area contributed by atoms with Crippen molar-refractivity contribution in [1.29, 1.82) is 0 Å². The van der Waals surface area contributed by atoms with Gasteiger partial charge in [0.2, 0.25) is 5.91 Å². The maximum Gasteiger partial charge on any atom is 0.334 e. The second kappa shape index (κ2) is 7.11. The lowest BCUT2D eigenvalue weighted by Gasteiger charge is -2.04. The zero-order chi connectivity index (χ0) is 10.3. The summed E-state index contributed by atoms with van der Waals surface area (Å²) in [5.74, 6) is -0.0312. The number of rotatable bonds is 5. The van der Waals surface area contributed by atoms with Crippen LogP contribution in [0.5, 0.6) is 0 Å². The summed E-state index contributed by atoms with van der Waals surface area (Å²) in [6, 6.07) is 0. The van der Waals surface area contributed by atoms with E-state index in [9.17, 15) is 9.59 Å². The highest BCUT2D eigenvalue weighted by molar-refractivity contribution is 14.1. The van der Waals surface area contributed by atoms with E-state index in [0.717, 1.165) is 6.42 Å². The van der Waals surface area contributed by atoms with Crippen LogP contribution in [0, 0.1) is 5.92 Å². The second-order valence-corrected chi connectivity index (χ2v) is 3.60. The van der Waals surface area contributed by atoms with Crippen LogP contribution in [0.1, 0.15) is 26.7 Å². The Morgan fingerprint density at radius 3 is 2.54 bits per heavy atom. The second-order valence-electron chi connectivity index (χ2n) is 3.16. The molecule has 0 spiro atoms. The van der Waals surface area contributed by atoms with Gasteiger partial charge in [0, 0.05) is 6.42 Å². The Bertz CT molecular complexity index is 182. The van der Waals surface area contributed by atoms with Gasteiger partial charge in [-0.1, -0.05) is 13.8 Å². The molecule has 5 heteroatoms. The number of carbonyl (C=O) groups is 2. The van der Waals surface area contributed by atoms with E-state index in [1.54, 1.807) is 0 Å². The first kappa shape index (κ1) is 12.7. The topological polar surface area (TPSA) is 55.4 Å². The van der Waals surface area contributed by atoms with E-state index in [0.29, 0.717) is 12.3 Å². The van der Waals surface area contributed by atoms with Gasteiger partial charge in [0.25, 0.3) is 0 Å². The van der Waals surface area contributed by atoms with Crippen LogP contribution < -0.4 is 5.32 Å². The van der Waals surface area contributed by atoms with E-state index in [2.05, 4.69) is 8.38 Å². The quantitative estimate of drug-likeness (QED) is 0.781. The molecule has 1 amide bonds. The SMILES string of the molecule is CC(C)CCC(=O)NCC(=O)OI. The Hall–Kier alpha value is -0.330. The molecule has 0 rings (SSSR count). The molecule has 0 saturated heterocycles. The minimum atomic E-state index is -0.432. The minimum Gasteiger partial charge on any atom is -0.393 e. The Kier molecular flexibility index (Phi) is 6.93. The van der Waals surface area contributed by atoms with Crippen LogP contribution in [-0.2, 0) is 12.7 Å². The fraction of sp³-hybridized carbons (Fsp3) is 0.750. The van der Waals surface area contributed by atoms with Crippen LogP contribution in [0.15, 0.2) is 0 Å². The predicted molar refractivity (Wildman–Crippen MR) is 57.2 cm³/mol. The van der Waals surface area contributed by atoms with E-state index in [1.165, 1.54) is 23.0 Å². The Labute approximate surface area is 92.1 Å². The summed E-state index contributed by atoms with van der Waals surface area (Å²) in [5, 5.41) is 2.47. The molecule has 0 aliphatic heterocycles. The first-order valence-corrected chi connectivity index (χ1v) is 5.02. The molecule has 0 radical (unpaired) electrons. The summed E-state index contributed by atoms with van der Waals surface area (Å²) < 4.78 is 4.34. The normalized spacial score (nSPS) is 9.85. The van der Waals surface area contributed by atoms with Crippen LogP contribution in [0.25, 0.3) is 0 Å². The van der Waals surface area contributed by atoms with Gasteiger partial charge in [-0.3, -0.25) is 4.79 Å². The van der Waals surface area contributed by atoms with E-state index in [1.807, 2.05) is 13.8 Å². The van der Waals surface area contributed by atoms with E-state index >= 15 is 0 Å². The minimum absolute atomic E-state index is 0.0418. The Morgan fingerprint density at radius 2 is 2.08 bits per heavy atom.